The number of para-hydroxylation sites is 1. The lowest BCUT2D eigenvalue weighted by Gasteiger charge is -2.15. The minimum absolute atomic E-state index is 0.242. The second-order valence-corrected chi connectivity index (χ2v) is 7.33. The van der Waals surface area contributed by atoms with Gasteiger partial charge in [-0.15, -0.1) is 0 Å². The summed E-state index contributed by atoms with van der Waals surface area (Å²) in [5.41, 5.74) is 2.29. The minimum Gasteiger partial charge on any atom is -0.465 e. The van der Waals surface area contributed by atoms with Gasteiger partial charge in [-0.25, -0.2) is 0 Å². The zero-order chi connectivity index (χ0) is 17.9. The Kier molecular flexibility index (Phi) is 5.05. The lowest BCUT2D eigenvalue weighted by atomic mass is 9.94. The summed E-state index contributed by atoms with van der Waals surface area (Å²) in [6.45, 7) is 4.53. The third-order valence-electron chi connectivity index (χ3n) is 5.30. The number of hydrogen-bond acceptors (Lipinski definition) is 4. The smallest absolute Gasteiger partial charge is 0.118 e. The molecule has 1 aliphatic heterocycles. The normalized spacial score (nSPS) is 20.8. The molecule has 0 unspecified atom stereocenters. The van der Waals surface area contributed by atoms with Gasteiger partial charge in [-0.05, 0) is 42.7 Å². The average Bonchev–Trinajstić information content (AvgIpc) is 3.22. The number of aliphatic hydroxyl groups excluding tert-OH is 1. The van der Waals surface area contributed by atoms with E-state index in [1.807, 2.05) is 18.3 Å². The van der Waals surface area contributed by atoms with E-state index in [0.29, 0.717) is 6.54 Å². The highest BCUT2D eigenvalue weighted by molar-refractivity contribution is 5.81. The summed E-state index contributed by atoms with van der Waals surface area (Å²) in [5, 5.41) is 11.8. The summed E-state index contributed by atoms with van der Waals surface area (Å²) in [6.07, 6.45) is 4.53. The van der Waals surface area contributed by atoms with Crippen molar-refractivity contribution in [2.75, 3.05) is 13.1 Å². The Morgan fingerprint density at radius 1 is 1.12 bits per heavy atom. The van der Waals surface area contributed by atoms with E-state index in [4.69, 9.17) is 4.42 Å². The molecule has 2 aromatic heterocycles. The predicted octanol–water partition coefficient (Wildman–Crippen LogP) is 3.82. The van der Waals surface area contributed by atoms with E-state index in [2.05, 4.69) is 47.1 Å². The number of aromatic nitrogens is 1. The summed E-state index contributed by atoms with van der Waals surface area (Å²) in [5.74, 6) is 2.29. The number of likely N-dealkylation sites (tertiary alicyclic amines) is 1. The molecule has 1 fully saturated rings. The number of nitrogens with zero attached hydrogens (tertiary/aromatic N) is 2. The van der Waals surface area contributed by atoms with E-state index in [1.165, 1.54) is 10.9 Å². The fourth-order valence-electron chi connectivity index (χ4n) is 4.00. The fourth-order valence-corrected chi connectivity index (χ4v) is 4.00. The van der Waals surface area contributed by atoms with E-state index in [0.717, 1.165) is 49.4 Å². The average molecular weight is 350 g/mol. The van der Waals surface area contributed by atoms with Gasteiger partial charge < -0.3 is 9.52 Å². The van der Waals surface area contributed by atoms with Crippen molar-refractivity contribution in [1.29, 1.82) is 0 Å². The maximum atomic E-state index is 10.6. The van der Waals surface area contributed by atoms with Crippen LogP contribution in [0.3, 0.4) is 0 Å². The number of aryl methyl sites for hydroxylation is 1. The highest BCUT2D eigenvalue weighted by Crippen LogP contribution is 2.26. The van der Waals surface area contributed by atoms with Gasteiger partial charge in [0, 0.05) is 37.0 Å². The van der Waals surface area contributed by atoms with Gasteiger partial charge in [-0.2, -0.15) is 0 Å². The Morgan fingerprint density at radius 2 is 1.96 bits per heavy atom. The molecule has 0 saturated carbocycles. The number of rotatable bonds is 6. The van der Waals surface area contributed by atoms with Gasteiger partial charge >= 0.3 is 0 Å². The molecule has 1 aliphatic rings. The molecule has 4 heteroatoms. The summed E-state index contributed by atoms with van der Waals surface area (Å²) < 4.78 is 5.90. The van der Waals surface area contributed by atoms with E-state index < -0.39 is 0 Å². The molecule has 1 aromatic carbocycles. The second kappa shape index (κ2) is 7.60. The quantitative estimate of drug-likeness (QED) is 0.734. The second-order valence-electron chi connectivity index (χ2n) is 7.33. The SMILES string of the molecule is CCCc1ccc(CN2C[C@@H](Cc3ccnc4ccccc34)[C@@H](O)C2)o1. The Labute approximate surface area is 154 Å². The highest BCUT2D eigenvalue weighted by Gasteiger charge is 2.32. The lowest BCUT2D eigenvalue weighted by Crippen LogP contribution is -2.21. The van der Waals surface area contributed by atoms with Crippen LogP contribution in [0.25, 0.3) is 10.9 Å². The van der Waals surface area contributed by atoms with Gasteiger partial charge in [0.05, 0.1) is 18.2 Å². The third kappa shape index (κ3) is 3.67. The van der Waals surface area contributed by atoms with Crippen molar-refractivity contribution >= 4 is 10.9 Å². The van der Waals surface area contributed by atoms with Crippen LogP contribution in [0.2, 0.25) is 0 Å². The third-order valence-corrected chi connectivity index (χ3v) is 5.30. The number of furan rings is 1. The molecule has 2 atom stereocenters. The van der Waals surface area contributed by atoms with Crippen LogP contribution in [0.1, 0.15) is 30.4 Å². The van der Waals surface area contributed by atoms with Crippen LogP contribution in [0.4, 0.5) is 0 Å². The molecule has 4 nitrogen and oxygen atoms in total. The topological polar surface area (TPSA) is 49.5 Å². The fraction of sp³-hybridized carbons (Fsp3) is 0.409. The van der Waals surface area contributed by atoms with E-state index in [1.54, 1.807) is 0 Å². The van der Waals surface area contributed by atoms with E-state index >= 15 is 0 Å². The zero-order valence-corrected chi connectivity index (χ0v) is 15.3. The zero-order valence-electron chi connectivity index (χ0n) is 15.3. The molecule has 0 radical (unpaired) electrons. The first-order valence-corrected chi connectivity index (χ1v) is 9.53. The number of β-amino-alcohol motifs (C(OH)–C–C–N with tert-alkyl or cyclic N) is 1. The molecule has 0 aliphatic carbocycles. The van der Waals surface area contributed by atoms with Crippen LogP contribution in [0.5, 0.6) is 0 Å². The van der Waals surface area contributed by atoms with Crippen molar-refractivity contribution in [2.24, 2.45) is 5.92 Å². The van der Waals surface area contributed by atoms with E-state index in [9.17, 15) is 5.11 Å². The van der Waals surface area contributed by atoms with Gasteiger partial charge in [-0.1, -0.05) is 25.1 Å². The van der Waals surface area contributed by atoms with Crippen LogP contribution >= 0.6 is 0 Å². The van der Waals surface area contributed by atoms with Gasteiger partial charge in [0.25, 0.3) is 0 Å². The molecule has 1 saturated heterocycles. The molecule has 4 rings (SSSR count). The summed E-state index contributed by atoms with van der Waals surface area (Å²) >= 11 is 0. The molecule has 0 bridgehead atoms. The van der Waals surface area contributed by atoms with Gasteiger partial charge in [0.15, 0.2) is 0 Å². The Balaban J connectivity index is 1.43. The number of benzene rings is 1. The molecule has 0 spiro atoms. The van der Waals surface area contributed by atoms with Crippen molar-refractivity contribution in [1.82, 2.24) is 9.88 Å². The van der Waals surface area contributed by atoms with Gasteiger partial charge in [0.1, 0.15) is 11.5 Å². The molecular formula is C22H26N2O2. The number of hydrogen-bond donors (Lipinski definition) is 1. The van der Waals surface area contributed by atoms with Crippen molar-refractivity contribution in [3.05, 3.63) is 65.7 Å². The summed E-state index contributed by atoms with van der Waals surface area (Å²) in [6, 6.07) is 14.5. The van der Waals surface area contributed by atoms with Crippen LogP contribution in [-0.2, 0) is 19.4 Å². The Bertz CT molecular complexity index is 868. The molecule has 1 N–H and O–H groups in total. The molecule has 3 aromatic rings. The largest absolute Gasteiger partial charge is 0.465 e. The van der Waals surface area contributed by atoms with Crippen LogP contribution in [0.15, 0.2) is 53.1 Å². The van der Waals surface area contributed by atoms with Crippen LogP contribution in [-0.4, -0.2) is 34.2 Å². The monoisotopic (exact) mass is 350 g/mol. The van der Waals surface area contributed by atoms with Crippen molar-refractivity contribution < 1.29 is 9.52 Å². The van der Waals surface area contributed by atoms with Crippen molar-refractivity contribution in [3.63, 3.8) is 0 Å². The summed E-state index contributed by atoms with van der Waals surface area (Å²) in [4.78, 5) is 6.74. The standard InChI is InChI=1S/C22H26N2O2/c1-2-5-18-8-9-19(26-18)14-24-13-17(22(25)15-24)12-16-10-11-23-21-7-4-3-6-20(16)21/h3-4,6-11,17,22,25H,2,5,12-15H2,1H3/t17-,22+/m1/s1. The van der Waals surface area contributed by atoms with Crippen LogP contribution < -0.4 is 0 Å². The highest BCUT2D eigenvalue weighted by atomic mass is 16.3. The predicted molar refractivity (Wildman–Crippen MR) is 103 cm³/mol. The first-order valence-electron chi connectivity index (χ1n) is 9.53. The molecule has 26 heavy (non-hydrogen) atoms. The number of fused-ring (bicyclic) bond motifs is 1. The number of pyridine rings is 1. The maximum Gasteiger partial charge on any atom is 0.118 e. The molecule has 3 heterocycles. The lowest BCUT2D eigenvalue weighted by molar-refractivity contribution is 0.140. The van der Waals surface area contributed by atoms with Crippen molar-refractivity contribution in [2.45, 2.75) is 38.8 Å². The molecule has 136 valence electrons. The van der Waals surface area contributed by atoms with Crippen molar-refractivity contribution in [3.8, 4) is 0 Å². The maximum absolute atomic E-state index is 10.6. The first kappa shape index (κ1) is 17.3. The van der Waals surface area contributed by atoms with Gasteiger partial charge in [-0.3, -0.25) is 9.88 Å². The number of aliphatic hydroxyl groups is 1. The molecular weight excluding hydrogens is 324 g/mol. The molecule has 0 amide bonds. The Morgan fingerprint density at radius 3 is 2.85 bits per heavy atom. The Hall–Kier alpha value is -2.17. The minimum atomic E-state index is -0.299. The van der Waals surface area contributed by atoms with Gasteiger partial charge in [0.2, 0.25) is 0 Å². The first-order chi connectivity index (χ1) is 12.7. The van der Waals surface area contributed by atoms with E-state index in [-0.39, 0.29) is 12.0 Å². The van der Waals surface area contributed by atoms with Crippen LogP contribution in [0, 0.1) is 5.92 Å². The summed E-state index contributed by atoms with van der Waals surface area (Å²) in [7, 11) is 0.